The van der Waals surface area contributed by atoms with E-state index in [4.69, 9.17) is 33.0 Å². The number of carboxylic acid groups (broad SMARTS) is 1. The van der Waals surface area contributed by atoms with Crippen molar-refractivity contribution in [2.75, 3.05) is 0 Å². The number of carbonyl (C=O) groups is 1. The van der Waals surface area contributed by atoms with Crippen molar-refractivity contribution in [3.63, 3.8) is 0 Å². The van der Waals surface area contributed by atoms with E-state index in [-0.39, 0.29) is 33.5 Å². The molecule has 1 heterocycles. The highest BCUT2D eigenvalue weighted by atomic mass is 35.5. The van der Waals surface area contributed by atoms with Gasteiger partial charge >= 0.3 is 5.97 Å². The van der Waals surface area contributed by atoms with E-state index in [1.165, 1.54) is 24.3 Å². The van der Waals surface area contributed by atoms with Gasteiger partial charge in [0.05, 0.1) is 10.0 Å². The molecule has 0 radical (unpaired) electrons. The summed E-state index contributed by atoms with van der Waals surface area (Å²) in [7, 11) is 0. The highest BCUT2D eigenvalue weighted by Crippen LogP contribution is 2.43. The number of oxime groups is 1. The van der Waals surface area contributed by atoms with Gasteiger partial charge in [0.25, 0.3) is 0 Å². The van der Waals surface area contributed by atoms with Crippen LogP contribution in [0, 0.1) is 5.82 Å². The number of rotatable bonds is 3. The summed E-state index contributed by atoms with van der Waals surface area (Å²) in [6.45, 7) is 0. The van der Waals surface area contributed by atoms with Crippen LogP contribution >= 0.6 is 23.2 Å². The smallest absolute Gasteiger partial charge is 0.345 e. The molecule has 5 nitrogen and oxygen atoms in total. The van der Waals surface area contributed by atoms with Crippen LogP contribution in [0.3, 0.4) is 0 Å². The third-order valence-corrected chi connectivity index (χ3v) is 4.35. The van der Waals surface area contributed by atoms with Gasteiger partial charge in [0.2, 0.25) is 0 Å². The molecular formula is C16H10Cl2FNO4. The summed E-state index contributed by atoms with van der Waals surface area (Å²) in [4.78, 5) is 11.1. The molecule has 1 atom stereocenters. The van der Waals surface area contributed by atoms with Crippen molar-refractivity contribution in [1.82, 2.24) is 0 Å². The van der Waals surface area contributed by atoms with Crippen LogP contribution in [0.5, 0.6) is 5.75 Å². The molecule has 2 N–H and O–H groups in total. The third-order valence-electron chi connectivity index (χ3n) is 3.64. The van der Waals surface area contributed by atoms with E-state index in [0.29, 0.717) is 11.1 Å². The Labute approximate surface area is 145 Å². The SMILES string of the molecule is O=C(O)C1Cc2c(Cl)c(C(=NO)c3cccc(F)c3)cc(Cl)c2O1. The van der Waals surface area contributed by atoms with Crippen LogP contribution in [-0.2, 0) is 11.2 Å². The Hall–Kier alpha value is -2.31. The molecule has 0 bridgehead atoms. The highest BCUT2D eigenvalue weighted by Gasteiger charge is 2.34. The van der Waals surface area contributed by atoms with Crippen LogP contribution in [0.2, 0.25) is 10.0 Å². The van der Waals surface area contributed by atoms with Gasteiger partial charge < -0.3 is 15.1 Å². The zero-order valence-electron chi connectivity index (χ0n) is 12.0. The number of hydrogen-bond donors (Lipinski definition) is 2. The second-order valence-electron chi connectivity index (χ2n) is 5.14. The number of aliphatic carboxylic acids is 1. The average molecular weight is 370 g/mol. The number of nitrogens with zero attached hydrogens (tertiary/aromatic N) is 1. The van der Waals surface area contributed by atoms with Crippen molar-refractivity contribution < 1.29 is 24.2 Å². The molecule has 2 aromatic carbocycles. The first-order valence-corrected chi connectivity index (χ1v) is 7.56. The fourth-order valence-electron chi connectivity index (χ4n) is 2.55. The fourth-order valence-corrected chi connectivity index (χ4v) is 3.13. The van der Waals surface area contributed by atoms with Crippen molar-refractivity contribution in [3.8, 4) is 5.75 Å². The summed E-state index contributed by atoms with van der Waals surface area (Å²) in [6.07, 6.45) is -1.06. The Balaban J connectivity index is 2.12. The molecule has 0 fully saturated rings. The Morgan fingerprint density at radius 3 is 2.71 bits per heavy atom. The number of ether oxygens (including phenoxy) is 1. The molecule has 24 heavy (non-hydrogen) atoms. The molecule has 8 heteroatoms. The first-order chi connectivity index (χ1) is 11.4. The molecule has 2 aromatic rings. The predicted octanol–water partition coefficient (Wildman–Crippen LogP) is 3.75. The van der Waals surface area contributed by atoms with Crippen LogP contribution in [0.25, 0.3) is 0 Å². The van der Waals surface area contributed by atoms with E-state index >= 15 is 0 Å². The molecule has 3 rings (SSSR count). The van der Waals surface area contributed by atoms with Gasteiger partial charge in [0.1, 0.15) is 17.3 Å². The van der Waals surface area contributed by atoms with Gasteiger partial charge in [-0.15, -0.1) is 0 Å². The van der Waals surface area contributed by atoms with E-state index in [2.05, 4.69) is 5.16 Å². The summed E-state index contributed by atoms with van der Waals surface area (Å²) >= 11 is 12.5. The van der Waals surface area contributed by atoms with E-state index in [1.54, 1.807) is 6.07 Å². The van der Waals surface area contributed by atoms with Gasteiger partial charge in [0.15, 0.2) is 6.10 Å². The summed E-state index contributed by atoms with van der Waals surface area (Å²) in [5.74, 6) is -1.46. The van der Waals surface area contributed by atoms with Crippen LogP contribution in [0.1, 0.15) is 16.7 Å². The monoisotopic (exact) mass is 369 g/mol. The van der Waals surface area contributed by atoms with E-state index in [9.17, 15) is 14.4 Å². The highest BCUT2D eigenvalue weighted by molar-refractivity contribution is 6.39. The summed E-state index contributed by atoms with van der Waals surface area (Å²) in [5.41, 5.74) is 0.972. The minimum absolute atomic E-state index is 0.0166. The maximum Gasteiger partial charge on any atom is 0.345 e. The van der Waals surface area contributed by atoms with Crippen molar-refractivity contribution in [1.29, 1.82) is 0 Å². The van der Waals surface area contributed by atoms with Gasteiger partial charge in [0, 0.05) is 23.1 Å². The number of fused-ring (bicyclic) bond motifs is 1. The molecule has 0 spiro atoms. The van der Waals surface area contributed by atoms with Gasteiger partial charge in [-0.1, -0.05) is 40.5 Å². The Morgan fingerprint density at radius 1 is 1.33 bits per heavy atom. The second kappa shape index (κ2) is 6.30. The van der Waals surface area contributed by atoms with Crippen molar-refractivity contribution in [3.05, 3.63) is 62.9 Å². The summed E-state index contributed by atoms with van der Waals surface area (Å²) < 4.78 is 18.7. The maximum absolute atomic E-state index is 13.4. The standard InChI is InChI=1S/C16H10Cl2FNO4/c17-11-5-9(14(20-23)7-2-1-3-8(19)4-7)13(18)10-6-12(16(21)22)24-15(10)11/h1-5,12,23H,6H2,(H,21,22). The zero-order valence-corrected chi connectivity index (χ0v) is 13.5. The lowest BCUT2D eigenvalue weighted by Crippen LogP contribution is -2.24. The van der Waals surface area contributed by atoms with Gasteiger partial charge in [-0.05, 0) is 18.2 Å². The molecule has 1 unspecified atom stereocenters. The summed E-state index contributed by atoms with van der Waals surface area (Å²) in [5, 5.41) is 21.9. The number of halogens is 3. The largest absolute Gasteiger partial charge is 0.478 e. The number of carboxylic acids is 1. The topological polar surface area (TPSA) is 79.1 Å². The van der Waals surface area contributed by atoms with Crippen molar-refractivity contribution in [2.24, 2.45) is 5.16 Å². The number of benzene rings is 2. The number of hydrogen-bond acceptors (Lipinski definition) is 4. The van der Waals surface area contributed by atoms with Crippen LogP contribution < -0.4 is 4.74 Å². The van der Waals surface area contributed by atoms with Gasteiger partial charge in [-0.25, -0.2) is 9.18 Å². The molecule has 0 amide bonds. The lowest BCUT2D eigenvalue weighted by Gasteiger charge is -2.12. The van der Waals surface area contributed by atoms with Crippen LogP contribution in [0.15, 0.2) is 35.5 Å². The van der Waals surface area contributed by atoms with Crippen LogP contribution in [0.4, 0.5) is 4.39 Å². The predicted molar refractivity (Wildman–Crippen MR) is 86.0 cm³/mol. The van der Waals surface area contributed by atoms with Gasteiger partial charge in [-0.2, -0.15) is 0 Å². The Bertz CT molecular complexity index is 869. The molecule has 124 valence electrons. The quantitative estimate of drug-likeness (QED) is 0.490. The maximum atomic E-state index is 13.4. The molecule has 1 aliphatic rings. The summed E-state index contributed by atoms with van der Waals surface area (Å²) in [6, 6.07) is 6.84. The Kier molecular flexibility index (Phi) is 4.34. The first-order valence-electron chi connectivity index (χ1n) is 6.81. The zero-order chi connectivity index (χ0) is 17.4. The van der Waals surface area contributed by atoms with Gasteiger partial charge in [-0.3, -0.25) is 0 Å². The van der Waals surface area contributed by atoms with Crippen molar-refractivity contribution >= 4 is 34.9 Å². The first kappa shape index (κ1) is 16.5. The van der Waals surface area contributed by atoms with Crippen LogP contribution in [-0.4, -0.2) is 28.1 Å². The van der Waals surface area contributed by atoms with Crippen molar-refractivity contribution in [2.45, 2.75) is 12.5 Å². The van der Waals surface area contributed by atoms with E-state index in [1.807, 2.05) is 0 Å². The normalized spacial score (nSPS) is 16.6. The van der Waals surface area contributed by atoms with E-state index < -0.39 is 17.9 Å². The lowest BCUT2D eigenvalue weighted by atomic mass is 9.98. The molecule has 0 saturated carbocycles. The third kappa shape index (κ3) is 2.79. The molecule has 0 aliphatic carbocycles. The molecule has 0 aromatic heterocycles. The molecule has 0 saturated heterocycles. The lowest BCUT2D eigenvalue weighted by molar-refractivity contribution is -0.144. The second-order valence-corrected chi connectivity index (χ2v) is 5.92. The van der Waals surface area contributed by atoms with E-state index in [0.717, 1.165) is 0 Å². The fraction of sp³-hybridized carbons (Fsp3) is 0.125. The minimum Gasteiger partial charge on any atom is -0.478 e. The average Bonchev–Trinajstić information content (AvgIpc) is 2.99. The minimum atomic E-state index is -1.14. The Morgan fingerprint density at radius 2 is 2.08 bits per heavy atom. The molecular weight excluding hydrogens is 360 g/mol. The molecule has 1 aliphatic heterocycles.